The van der Waals surface area contributed by atoms with E-state index in [1.807, 2.05) is 0 Å². The van der Waals surface area contributed by atoms with Gasteiger partial charge in [-0.1, -0.05) is 36.6 Å². The Balaban J connectivity index is 2.03. The third kappa shape index (κ3) is 6.70. The average Bonchev–Trinajstić information content (AvgIpc) is 2.86. The van der Waals surface area contributed by atoms with Gasteiger partial charge in [-0.15, -0.1) is 0 Å². The highest BCUT2D eigenvalue weighted by atomic mass is 32.1. The normalized spacial score (nSPS) is 10.0. The van der Waals surface area contributed by atoms with E-state index in [-0.39, 0.29) is 27.5 Å². The van der Waals surface area contributed by atoms with Crippen LogP contribution in [0.2, 0.25) is 0 Å². The number of ether oxygens (including phenoxy) is 4. The minimum Gasteiger partial charge on any atom is -0.496 e. The van der Waals surface area contributed by atoms with Gasteiger partial charge in [0, 0.05) is 14.1 Å². The molecule has 0 atom stereocenters. The minimum absolute atomic E-state index is 0.0754. The highest BCUT2D eigenvalue weighted by Gasteiger charge is 2.24. The molecule has 0 aromatic heterocycles. The van der Waals surface area contributed by atoms with Gasteiger partial charge >= 0.3 is 0 Å². The largest absolute Gasteiger partial charge is 0.496 e. The number of hydrogen-bond donors (Lipinski definition) is 2. The number of carbonyl (C=O) groups excluding carboxylic acids is 2. The second-order valence-electron chi connectivity index (χ2n) is 7.05. The van der Waals surface area contributed by atoms with Crippen molar-refractivity contribution in [1.29, 1.82) is 0 Å². The van der Waals surface area contributed by atoms with E-state index < -0.39 is 11.8 Å². The lowest BCUT2D eigenvalue weighted by molar-refractivity contribution is 0.0748. The summed E-state index contributed by atoms with van der Waals surface area (Å²) in [7, 11) is 8.89. The van der Waals surface area contributed by atoms with Crippen LogP contribution >= 0.6 is 24.4 Å². The molecule has 0 spiro atoms. The molecule has 0 heterocycles. The lowest BCUT2D eigenvalue weighted by Gasteiger charge is -2.24. The highest BCUT2D eigenvalue weighted by Crippen LogP contribution is 2.30. The fourth-order valence-corrected chi connectivity index (χ4v) is 3.81. The molecule has 35 heavy (non-hydrogen) atoms. The molecule has 0 saturated heterocycles. The molecule has 0 radical (unpaired) electrons. The summed E-state index contributed by atoms with van der Waals surface area (Å²) in [4.78, 5) is 26.5. The van der Waals surface area contributed by atoms with Crippen LogP contribution in [0.5, 0.6) is 23.0 Å². The molecular weight excluding hydrogens is 492 g/mol. The standard InChI is InChI=1S/C23H28N4O6S2/c1-26(22(28)20-14(30-3)9-7-10-15(20)31-4)24-18(34)13-19(35)25-27(2)23(29)21-16(32-5)11-8-12-17(21)33-6/h7-12H,13H2,1-6H3,(H,24,34)(H,25,35). The predicted octanol–water partition coefficient (Wildman–Crippen LogP) is 2.62. The summed E-state index contributed by atoms with van der Waals surface area (Å²) in [6.45, 7) is 0. The third-order valence-electron chi connectivity index (χ3n) is 4.80. The second kappa shape index (κ2) is 12.7. The van der Waals surface area contributed by atoms with Crippen molar-refractivity contribution in [1.82, 2.24) is 20.9 Å². The zero-order valence-corrected chi connectivity index (χ0v) is 22.0. The van der Waals surface area contributed by atoms with Gasteiger partial charge in [-0.3, -0.25) is 30.5 Å². The van der Waals surface area contributed by atoms with Crippen LogP contribution in [0.15, 0.2) is 36.4 Å². The first-order chi connectivity index (χ1) is 16.7. The van der Waals surface area contributed by atoms with E-state index in [0.29, 0.717) is 23.0 Å². The number of benzene rings is 2. The van der Waals surface area contributed by atoms with Crippen LogP contribution in [-0.2, 0) is 0 Å². The van der Waals surface area contributed by atoms with Crippen molar-refractivity contribution in [3.8, 4) is 23.0 Å². The molecule has 0 aliphatic rings. The van der Waals surface area contributed by atoms with Gasteiger partial charge in [0.2, 0.25) is 0 Å². The van der Waals surface area contributed by atoms with Gasteiger partial charge in [0.15, 0.2) is 0 Å². The van der Waals surface area contributed by atoms with Crippen LogP contribution in [0, 0.1) is 0 Å². The van der Waals surface area contributed by atoms with Gasteiger partial charge in [-0.25, -0.2) is 0 Å². The first kappa shape index (κ1) is 27.6. The fraction of sp³-hybridized carbons (Fsp3) is 0.304. The highest BCUT2D eigenvalue weighted by molar-refractivity contribution is 7.82. The summed E-state index contributed by atoms with van der Waals surface area (Å²) < 4.78 is 21.2. The van der Waals surface area contributed by atoms with E-state index in [9.17, 15) is 9.59 Å². The van der Waals surface area contributed by atoms with E-state index in [1.165, 1.54) is 52.6 Å². The maximum absolute atomic E-state index is 13.0. The van der Waals surface area contributed by atoms with E-state index in [0.717, 1.165) is 0 Å². The Bertz CT molecular complexity index is 981. The first-order valence-electron chi connectivity index (χ1n) is 10.2. The smallest absolute Gasteiger partial charge is 0.279 e. The van der Waals surface area contributed by atoms with E-state index in [1.54, 1.807) is 36.4 Å². The number of thiocarbonyl (C=S) groups is 2. The van der Waals surface area contributed by atoms with E-state index in [2.05, 4.69) is 10.9 Å². The fourth-order valence-electron chi connectivity index (χ4n) is 3.16. The van der Waals surface area contributed by atoms with Gasteiger partial charge in [0.1, 0.15) is 44.1 Å². The molecule has 0 unspecified atom stereocenters. The van der Waals surface area contributed by atoms with Crippen LogP contribution in [0.4, 0.5) is 0 Å². The lowest BCUT2D eigenvalue weighted by atomic mass is 10.1. The first-order valence-corrected chi connectivity index (χ1v) is 11.1. The number of amides is 2. The molecule has 0 fully saturated rings. The summed E-state index contributed by atoms with van der Waals surface area (Å²) in [5.74, 6) is 0.597. The molecule has 0 aliphatic heterocycles. The maximum atomic E-state index is 13.0. The minimum atomic E-state index is -0.420. The van der Waals surface area contributed by atoms with Crippen molar-refractivity contribution >= 4 is 46.2 Å². The lowest BCUT2D eigenvalue weighted by Crippen LogP contribution is -2.47. The van der Waals surface area contributed by atoms with Gasteiger partial charge in [0.25, 0.3) is 11.8 Å². The number of rotatable bonds is 8. The molecule has 2 aromatic carbocycles. The Kier molecular flexibility index (Phi) is 10.0. The summed E-state index contributed by atoms with van der Waals surface area (Å²) in [6, 6.07) is 10.1. The quantitative estimate of drug-likeness (QED) is 0.399. The summed E-state index contributed by atoms with van der Waals surface area (Å²) in [6.07, 6.45) is 0.0754. The van der Waals surface area contributed by atoms with Crippen molar-refractivity contribution < 1.29 is 28.5 Å². The van der Waals surface area contributed by atoms with Crippen molar-refractivity contribution in [2.45, 2.75) is 6.42 Å². The molecule has 2 amide bonds. The Morgan fingerprint density at radius 3 is 1.23 bits per heavy atom. The Morgan fingerprint density at radius 2 is 0.971 bits per heavy atom. The molecule has 10 nitrogen and oxygen atoms in total. The number of nitrogens with zero attached hydrogens (tertiary/aromatic N) is 2. The molecule has 2 aromatic rings. The molecule has 188 valence electrons. The van der Waals surface area contributed by atoms with Crippen LogP contribution in [0.1, 0.15) is 27.1 Å². The number of carbonyl (C=O) groups is 2. The molecule has 2 rings (SSSR count). The van der Waals surface area contributed by atoms with Crippen molar-refractivity contribution in [3.63, 3.8) is 0 Å². The van der Waals surface area contributed by atoms with Gasteiger partial charge in [-0.2, -0.15) is 0 Å². The Hall–Kier alpha value is -3.64. The number of hydrazine groups is 2. The number of nitrogens with one attached hydrogen (secondary N) is 2. The van der Waals surface area contributed by atoms with Crippen LogP contribution in [-0.4, -0.2) is 74.3 Å². The Morgan fingerprint density at radius 1 is 0.686 bits per heavy atom. The molecule has 2 N–H and O–H groups in total. The zero-order valence-electron chi connectivity index (χ0n) is 20.3. The second-order valence-corrected chi connectivity index (χ2v) is 8.04. The van der Waals surface area contributed by atoms with Crippen molar-refractivity contribution in [2.24, 2.45) is 0 Å². The monoisotopic (exact) mass is 520 g/mol. The summed E-state index contributed by atoms with van der Waals surface area (Å²) in [5.41, 5.74) is 6.12. The average molecular weight is 521 g/mol. The predicted molar refractivity (Wildman–Crippen MR) is 139 cm³/mol. The molecule has 0 bridgehead atoms. The van der Waals surface area contributed by atoms with E-state index >= 15 is 0 Å². The third-order valence-corrected chi connectivity index (χ3v) is 5.27. The van der Waals surface area contributed by atoms with E-state index in [4.69, 9.17) is 43.4 Å². The van der Waals surface area contributed by atoms with Crippen LogP contribution < -0.4 is 29.8 Å². The SMILES string of the molecule is COc1cccc(OC)c1C(=O)N(C)NC(=S)CC(=S)NN(C)C(=O)c1c(OC)cccc1OC. The van der Waals surface area contributed by atoms with Gasteiger partial charge in [0.05, 0.1) is 34.9 Å². The van der Waals surface area contributed by atoms with Crippen LogP contribution in [0.25, 0.3) is 0 Å². The topological polar surface area (TPSA) is 102 Å². The maximum Gasteiger partial charge on any atom is 0.279 e. The Labute approximate surface area is 215 Å². The van der Waals surface area contributed by atoms with Crippen molar-refractivity contribution in [2.75, 3.05) is 42.5 Å². The number of hydrogen-bond acceptors (Lipinski definition) is 8. The zero-order chi connectivity index (χ0) is 26.1. The molecule has 0 saturated carbocycles. The molecular formula is C23H28N4O6S2. The van der Waals surface area contributed by atoms with Gasteiger partial charge in [-0.05, 0) is 24.3 Å². The van der Waals surface area contributed by atoms with Gasteiger partial charge < -0.3 is 18.9 Å². The van der Waals surface area contributed by atoms with Crippen LogP contribution in [0.3, 0.4) is 0 Å². The molecule has 12 heteroatoms. The van der Waals surface area contributed by atoms with Crippen molar-refractivity contribution in [3.05, 3.63) is 47.5 Å². The molecule has 0 aliphatic carbocycles. The number of methoxy groups -OCH3 is 4. The summed E-state index contributed by atoms with van der Waals surface area (Å²) >= 11 is 10.7. The summed E-state index contributed by atoms with van der Waals surface area (Å²) in [5, 5.41) is 2.42.